The van der Waals surface area contributed by atoms with Crippen molar-refractivity contribution in [3.63, 3.8) is 0 Å². The van der Waals surface area contributed by atoms with Gasteiger partial charge in [0.05, 0.1) is 11.7 Å². The van der Waals surface area contributed by atoms with Gasteiger partial charge in [-0.2, -0.15) is 0 Å². The van der Waals surface area contributed by atoms with Crippen LogP contribution in [0.4, 0.5) is 0 Å². The van der Waals surface area contributed by atoms with E-state index in [1.807, 2.05) is 24.3 Å². The first-order valence-corrected chi connectivity index (χ1v) is 9.59. The minimum Gasteiger partial charge on any atom is -0.481 e. The van der Waals surface area contributed by atoms with Crippen LogP contribution in [-0.2, 0) is 21.4 Å². The zero-order valence-corrected chi connectivity index (χ0v) is 14.3. The Balaban J connectivity index is 1.80. The summed E-state index contributed by atoms with van der Waals surface area (Å²) < 4.78 is 24.8. The predicted octanol–water partition coefficient (Wildman–Crippen LogP) is 1.12. The van der Waals surface area contributed by atoms with Crippen molar-refractivity contribution in [2.75, 3.05) is 32.4 Å². The summed E-state index contributed by atoms with van der Waals surface area (Å²) in [4.78, 5) is 13.9. The number of benzene rings is 1. The van der Waals surface area contributed by atoms with E-state index < -0.39 is 21.4 Å². The smallest absolute Gasteiger partial charge is 0.312 e. The maximum atomic E-state index is 11.9. The quantitative estimate of drug-likeness (QED) is 0.872. The number of likely N-dealkylation sites (tertiary alicyclic amines) is 1. The van der Waals surface area contributed by atoms with Gasteiger partial charge in [-0.1, -0.05) is 29.8 Å². The molecule has 1 aromatic carbocycles. The Bertz CT molecular complexity index is 739. The number of aliphatic carboxylic acids is 1. The molecule has 2 aliphatic heterocycles. The third-order valence-corrected chi connectivity index (χ3v) is 6.48. The fourth-order valence-corrected chi connectivity index (χ4v) is 4.78. The van der Waals surface area contributed by atoms with Gasteiger partial charge in [-0.3, -0.25) is 9.69 Å². The lowest BCUT2D eigenvalue weighted by molar-refractivity contribution is -0.148. The first-order chi connectivity index (χ1) is 10.7. The Morgan fingerprint density at radius 2 is 2.04 bits per heavy atom. The lowest BCUT2D eigenvalue weighted by Gasteiger charge is -2.24. The Kier molecular flexibility index (Phi) is 4.16. The van der Waals surface area contributed by atoms with E-state index in [0.29, 0.717) is 24.7 Å². The zero-order valence-electron chi connectivity index (χ0n) is 12.8. The molecule has 6 nitrogen and oxygen atoms in total. The van der Waals surface area contributed by atoms with Gasteiger partial charge < -0.3 is 5.11 Å². The second kappa shape index (κ2) is 5.73. The number of sulfonamides is 1. The first-order valence-electron chi connectivity index (χ1n) is 7.37. The van der Waals surface area contributed by atoms with Gasteiger partial charge in [0.1, 0.15) is 0 Å². The van der Waals surface area contributed by atoms with E-state index >= 15 is 0 Å². The van der Waals surface area contributed by atoms with Crippen molar-refractivity contribution in [1.29, 1.82) is 0 Å². The molecule has 0 unspecified atom stereocenters. The number of carboxylic acids is 1. The molecule has 2 atom stereocenters. The van der Waals surface area contributed by atoms with E-state index in [2.05, 4.69) is 4.90 Å². The fraction of sp³-hybridized carbons (Fsp3) is 0.533. The summed E-state index contributed by atoms with van der Waals surface area (Å²) in [6.07, 6.45) is 1.13. The molecule has 1 N–H and O–H groups in total. The fourth-order valence-electron chi connectivity index (χ4n) is 3.67. The number of carboxylic acid groups (broad SMARTS) is 1. The maximum absolute atomic E-state index is 11.9. The van der Waals surface area contributed by atoms with Crippen molar-refractivity contribution >= 4 is 27.6 Å². The molecule has 2 saturated heterocycles. The summed E-state index contributed by atoms with van der Waals surface area (Å²) in [5, 5.41) is 10.4. The van der Waals surface area contributed by atoms with Crippen LogP contribution in [0.15, 0.2) is 24.3 Å². The molecule has 0 aliphatic carbocycles. The number of fused-ring (bicyclic) bond motifs is 1. The van der Waals surface area contributed by atoms with Crippen molar-refractivity contribution in [3.05, 3.63) is 34.9 Å². The van der Waals surface area contributed by atoms with Crippen LogP contribution in [0, 0.1) is 11.3 Å². The van der Waals surface area contributed by atoms with Crippen molar-refractivity contribution < 1.29 is 18.3 Å². The van der Waals surface area contributed by atoms with E-state index in [4.69, 9.17) is 11.6 Å². The largest absolute Gasteiger partial charge is 0.481 e. The van der Waals surface area contributed by atoms with Gasteiger partial charge in [-0.05, 0) is 11.6 Å². The van der Waals surface area contributed by atoms with Crippen LogP contribution < -0.4 is 0 Å². The third-order valence-electron chi connectivity index (χ3n) is 4.90. The van der Waals surface area contributed by atoms with E-state index in [-0.39, 0.29) is 19.0 Å². The van der Waals surface area contributed by atoms with Gasteiger partial charge in [0.15, 0.2) is 0 Å². The molecule has 2 aliphatic rings. The molecule has 0 radical (unpaired) electrons. The Hall–Kier alpha value is -1.15. The van der Waals surface area contributed by atoms with E-state index in [0.717, 1.165) is 11.8 Å². The lowest BCUT2D eigenvalue weighted by atomic mass is 9.81. The third kappa shape index (κ3) is 2.98. The monoisotopic (exact) mass is 358 g/mol. The number of carbonyl (C=O) groups is 1. The molecule has 2 fully saturated rings. The van der Waals surface area contributed by atoms with Gasteiger partial charge in [-0.25, -0.2) is 12.7 Å². The SMILES string of the molecule is CS(=O)(=O)N1C[C@H]2CN(Cc3ccccc3Cl)C[C@@]2(C(=O)O)C1. The van der Waals surface area contributed by atoms with Crippen LogP contribution in [-0.4, -0.2) is 61.1 Å². The van der Waals surface area contributed by atoms with Crippen LogP contribution in [0.5, 0.6) is 0 Å². The molecule has 1 aromatic rings. The average Bonchev–Trinajstić information content (AvgIpc) is 2.95. The average molecular weight is 359 g/mol. The van der Waals surface area contributed by atoms with Crippen LogP contribution in [0.1, 0.15) is 5.56 Å². The number of hydrogen-bond acceptors (Lipinski definition) is 4. The maximum Gasteiger partial charge on any atom is 0.312 e. The van der Waals surface area contributed by atoms with Crippen LogP contribution in [0.2, 0.25) is 5.02 Å². The topological polar surface area (TPSA) is 77.9 Å². The molecule has 8 heteroatoms. The molecule has 23 heavy (non-hydrogen) atoms. The number of rotatable bonds is 4. The molecule has 0 spiro atoms. The minimum atomic E-state index is -3.37. The molecule has 126 valence electrons. The number of halogens is 1. The minimum absolute atomic E-state index is 0.0465. The van der Waals surface area contributed by atoms with Crippen LogP contribution >= 0.6 is 11.6 Å². The first kappa shape index (κ1) is 16.7. The highest BCUT2D eigenvalue weighted by Gasteiger charge is 2.59. The Labute approximate surface area is 140 Å². The highest BCUT2D eigenvalue weighted by atomic mass is 35.5. The molecule has 0 amide bonds. The second-order valence-corrected chi connectivity index (χ2v) is 8.86. The van der Waals surface area contributed by atoms with Gasteiger partial charge in [0.2, 0.25) is 10.0 Å². The van der Waals surface area contributed by atoms with Crippen LogP contribution in [0.3, 0.4) is 0 Å². The van der Waals surface area contributed by atoms with Crippen molar-refractivity contribution in [2.45, 2.75) is 6.54 Å². The Morgan fingerprint density at radius 3 is 2.61 bits per heavy atom. The second-order valence-electron chi connectivity index (χ2n) is 6.47. The zero-order chi connectivity index (χ0) is 16.8. The summed E-state index contributed by atoms with van der Waals surface area (Å²) in [6, 6.07) is 7.49. The summed E-state index contributed by atoms with van der Waals surface area (Å²) in [6.45, 7) is 1.78. The molecular weight excluding hydrogens is 340 g/mol. The molecule has 0 bridgehead atoms. The number of nitrogens with zero attached hydrogens (tertiary/aromatic N) is 2. The molecule has 3 rings (SSSR count). The molecule has 0 aromatic heterocycles. The van der Waals surface area contributed by atoms with E-state index in [1.165, 1.54) is 4.31 Å². The summed E-state index contributed by atoms with van der Waals surface area (Å²) in [7, 11) is -3.37. The van der Waals surface area contributed by atoms with Crippen molar-refractivity contribution in [2.24, 2.45) is 11.3 Å². The molecule has 2 heterocycles. The van der Waals surface area contributed by atoms with Crippen molar-refractivity contribution in [3.8, 4) is 0 Å². The summed E-state index contributed by atoms with van der Waals surface area (Å²) in [5.41, 5.74) is -0.0701. The van der Waals surface area contributed by atoms with Crippen molar-refractivity contribution in [1.82, 2.24) is 9.21 Å². The lowest BCUT2D eigenvalue weighted by Crippen LogP contribution is -2.41. The van der Waals surface area contributed by atoms with Crippen LogP contribution in [0.25, 0.3) is 0 Å². The molecule has 0 saturated carbocycles. The highest BCUT2D eigenvalue weighted by Crippen LogP contribution is 2.44. The van der Waals surface area contributed by atoms with E-state index in [9.17, 15) is 18.3 Å². The molecular formula is C15H19ClN2O4S. The normalized spacial score (nSPS) is 28.9. The predicted molar refractivity (Wildman–Crippen MR) is 86.7 cm³/mol. The number of hydrogen-bond donors (Lipinski definition) is 1. The van der Waals surface area contributed by atoms with Gasteiger partial charge in [0, 0.05) is 43.7 Å². The van der Waals surface area contributed by atoms with Gasteiger partial charge >= 0.3 is 5.97 Å². The summed E-state index contributed by atoms with van der Waals surface area (Å²) >= 11 is 6.17. The van der Waals surface area contributed by atoms with E-state index in [1.54, 1.807) is 0 Å². The summed E-state index contributed by atoms with van der Waals surface area (Å²) in [5.74, 6) is -1.12. The Morgan fingerprint density at radius 1 is 1.35 bits per heavy atom. The standard InChI is InChI=1S/C15H19ClN2O4S/c1-23(21,22)18-8-12-7-17(9-15(12,10-18)14(19)20)6-11-4-2-3-5-13(11)16/h2-5,12H,6-10H2,1H3,(H,19,20)/t12-,15-/m1/s1. The van der Waals surface area contributed by atoms with Gasteiger partial charge in [0.25, 0.3) is 0 Å². The highest BCUT2D eigenvalue weighted by molar-refractivity contribution is 7.88. The van der Waals surface area contributed by atoms with Gasteiger partial charge in [-0.15, -0.1) is 0 Å².